The van der Waals surface area contributed by atoms with Crippen LogP contribution in [0.15, 0.2) is 11.9 Å². The first-order valence-electron chi connectivity index (χ1n) is 15.0. The van der Waals surface area contributed by atoms with E-state index >= 15 is 0 Å². The third kappa shape index (κ3) is 8.19. The smallest absolute Gasteiger partial charge is 0.352 e. The predicted octanol–water partition coefficient (Wildman–Crippen LogP) is 9.39. The van der Waals surface area contributed by atoms with Gasteiger partial charge in [0.1, 0.15) is 5.83 Å². The highest BCUT2D eigenvalue weighted by Gasteiger charge is 2.38. The van der Waals surface area contributed by atoms with Gasteiger partial charge in [0, 0.05) is 17.8 Å². The molecule has 6 heteroatoms. The molecule has 0 bridgehead atoms. The minimum Gasteiger partial charge on any atom is -0.352 e. The van der Waals surface area contributed by atoms with Crippen molar-refractivity contribution >= 4 is 0 Å². The molecule has 1 saturated heterocycles. The fourth-order valence-electron chi connectivity index (χ4n) is 7.74. The number of hydrogen-bond acceptors (Lipinski definition) is 2. The first kappa shape index (κ1) is 28.4. The molecule has 3 aliphatic carbocycles. The Morgan fingerprint density at radius 1 is 0.694 bits per heavy atom. The quantitative estimate of drug-likeness (QED) is 0.236. The van der Waals surface area contributed by atoms with Gasteiger partial charge in [0.25, 0.3) is 0 Å². The largest absolute Gasteiger partial charge is 0.412 e. The van der Waals surface area contributed by atoms with Crippen molar-refractivity contribution in [2.45, 2.75) is 122 Å². The van der Waals surface area contributed by atoms with E-state index in [1.807, 2.05) is 0 Å². The van der Waals surface area contributed by atoms with Gasteiger partial charge in [0.05, 0.1) is 19.3 Å². The van der Waals surface area contributed by atoms with E-state index in [0.29, 0.717) is 37.5 Å². The molecule has 4 aliphatic rings. The van der Waals surface area contributed by atoms with Crippen LogP contribution >= 0.6 is 0 Å². The van der Waals surface area contributed by atoms with Crippen molar-refractivity contribution in [3.05, 3.63) is 11.9 Å². The lowest BCUT2D eigenvalue weighted by atomic mass is 9.67. The molecule has 0 atom stereocenters. The topological polar surface area (TPSA) is 18.5 Å². The monoisotopic (exact) mass is 516 g/mol. The van der Waals surface area contributed by atoms with Gasteiger partial charge in [-0.3, -0.25) is 0 Å². The normalized spacial score (nSPS) is 39.2. The Bertz CT molecular complexity index is 661. The van der Waals surface area contributed by atoms with Gasteiger partial charge in [-0.05, 0) is 87.9 Å². The van der Waals surface area contributed by atoms with Crippen LogP contribution in [0.4, 0.5) is 17.6 Å². The summed E-state index contributed by atoms with van der Waals surface area (Å²) < 4.78 is 63.5. The van der Waals surface area contributed by atoms with Crippen LogP contribution in [-0.2, 0) is 9.47 Å². The van der Waals surface area contributed by atoms with Crippen LogP contribution in [0.25, 0.3) is 0 Å². The summed E-state index contributed by atoms with van der Waals surface area (Å²) in [7, 11) is 0. The number of unbranched alkanes of at least 4 members (excludes halogenated alkanes) is 2. The van der Waals surface area contributed by atoms with Gasteiger partial charge in [-0.1, -0.05) is 45.4 Å². The number of alkyl halides is 3. The summed E-state index contributed by atoms with van der Waals surface area (Å²) in [5.74, 6) is 2.51. The molecule has 4 fully saturated rings. The lowest BCUT2D eigenvalue weighted by Crippen LogP contribution is -2.41. The number of halogens is 4. The summed E-state index contributed by atoms with van der Waals surface area (Å²) in [6.07, 6.45) is 13.8. The van der Waals surface area contributed by atoms with Crippen LogP contribution in [0.2, 0.25) is 0 Å². The highest BCUT2D eigenvalue weighted by atomic mass is 19.4. The maximum Gasteiger partial charge on any atom is 0.412 e. The zero-order chi connectivity index (χ0) is 25.5. The Labute approximate surface area is 215 Å². The summed E-state index contributed by atoms with van der Waals surface area (Å²) in [5, 5.41) is 0. The Balaban J connectivity index is 1.12. The highest BCUT2D eigenvalue weighted by Crippen LogP contribution is 2.45. The van der Waals surface area contributed by atoms with E-state index < -0.39 is 17.9 Å². The minimum absolute atomic E-state index is 0.161. The Morgan fingerprint density at radius 2 is 1.19 bits per heavy atom. The lowest BCUT2D eigenvalue weighted by Gasteiger charge is -2.42. The third-order valence-electron chi connectivity index (χ3n) is 10.1. The fourth-order valence-corrected chi connectivity index (χ4v) is 7.74. The number of ether oxygens (including phenoxy) is 2. The van der Waals surface area contributed by atoms with Crippen molar-refractivity contribution in [1.82, 2.24) is 0 Å². The highest BCUT2D eigenvalue weighted by molar-refractivity contribution is 5.03. The van der Waals surface area contributed by atoms with E-state index in [1.54, 1.807) is 0 Å². The van der Waals surface area contributed by atoms with Crippen LogP contribution in [0.1, 0.15) is 110 Å². The molecule has 0 N–H and O–H groups in total. The molecule has 0 aromatic carbocycles. The summed E-state index contributed by atoms with van der Waals surface area (Å²) in [6.45, 7) is 3.74. The van der Waals surface area contributed by atoms with E-state index in [9.17, 15) is 17.6 Å². The van der Waals surface area contributed by atoms with Gasteiger partial charge in [-0.25, -0.2) is 4.39 Å². The second kappa shape index (κ2) is 13.4. The van der Waals surface area contributed by atoms with Crippen LogP contribution in [0.3, 0.4) is 0 Å². The molecule has 2 nitrogen and oxygen atoms in total. The maximum atomic E-state index is 13.9. The molecule has 0 aromatic heterocycles. The second-order valence-corrected chi connectivity index (χ2v) is 12.4. The molecule has 0 amide bonds. The zero-order valence-corrected chi connectivity index (χ0v) is 22.3. The molecule has 1 heterocycles. The zero-order valence-electron chi connectivity index (χ0n) is 22.3. The third-order valence-corrected chi connectivity index (χ3v) is 10.1. The number of rotatable bonds is 8. The SMILES string of the molecule is CCCCCC1CCC(C2CCC(C3COC(C4CCC(/C(F)=C/C(F)(F)F)CC4)OC3)CC2)CC1. The summed E-state index contributed by atoms with van der Waals surface area (Å²) in [4.78, 5) is 0. The first-order chi connectivity index (χ1) is 17.3. The van der Waals surface area contributed by atoms with E-state index in [0.717, 1.165) is 31.0 Å². The predicted molar refractivity (Wildman–Crippen MR) is 135 cm³/mol. The average molecular weight is 517 g/mol. The van der Waals surface area contributed by atoms with Crippen molar-refractivity contribution in [2.75, 3.05) is 13.2 Å². The van der Waals surface area contributed by atoms with Crippen LogP contribution in [0.5, 0.6) is 0 Å². The van der Waals surface area contributed by atoms with Gasteiger partial charge in [-0.15, -0.1) is 0 Å². The molecule has 3 saturated carbocycles. The Kier molecular flexibility index (Phi) is 10.6. The molecule has 36 heavy (non-hydrogen) atoms. The van der Waals surface area contributed by atoms with Crippen molar-refractivity contribution in [1.29, 1.82) is 0 Å². The van der Waals surface area contributed by atoms with Gasteiger partial charge < -0.3 is 9.47 Å². The summed E-state index contributed by atoms with van der Waals surface area (Å²) >= 11 is 0. The van der Waals surface area contributed by atoms with Crippen molar-refractivity contribution in [3.63, 3.8) is 0 Å². The maximum absolute atomic E-state index is 13.9. The molecule has 1 aliphatic heterocycles. The van der Waals surface area contributed by atoms with E-state index in [-0.39, 0.29) is 18.3 Å². The standard InChI is InChI=1S/C30H48F4O2/c1-2-3-4-5-21-6-8-22(9-7-21)23-10-12-24(13-11-23)27-19-35-29(36-20-27)26-16-14-25(15-17-26)28(31)18-30(32,33)34/h18,21-27,29H,2-17,19-20H2,1H3/b28-18-. The van der Waals surface area contributed by atoms with E-state index in [4.69, 9.17) is 9.47 Å². The lowest BCUT2D eigenvalue weighted by molar-refractivity contribution is -0.237. The van der Waals surface area contributed by atoms with Gasteiger partial charge in [0.2, 0.25) is 0 Å². The Hall–Kier alpha value is -0.620. The molecular weight excluding hydrogens is 468 g/mol. The number of hydrogen-bond donors (Lipinski definition) is 0. The number of allylic oxidation sites excluding steroid dienone is 2. The minimum atomic E-state index is -4.59. The molecule has 0 unspecified atom stereocenters. The second-order valence-electron chi connectivity index (χ2n) is 12.4. The summed E-state index contributed by atoms with van der Waals surface area (Å²) in [5.41, 5.74) is 0. The van der Waals surface area contributed by atoms with Gasteiger partial charge in [0.15, 0.2) is 6.29 Å². The fraction of sp³-hybridized carbons (Fsp3) is 0.933. The van der Waals surface area contributed by atoms with Crippen molar-refractivity contribution in [2.24, 2.45) is 41.4 Å². The molecule has 208 valence electrons. The molecule has 0 spiro atoms. The first-order valence-corrected chi connectivity index (χ1v) is 15.0. The van der Waals surface area contributed by atoms with Crippen molar-refractivity contribution in [3.8, 4) is 0 Å². The molecule has 0 radical (unpaired) electrons. The van der Waals surface area contributed by atoms with Crippen LogP contribution in [0, 0.1) is 41.4 Å². The Morgan fingerprint density at radius 3 is 1.72 bits per heavy atom. The van der Waals surface area contributed by atoms with Crippen LogP contribution < -0.4 is 0 Å². The average Bonchev–Trinajstić information content (AvgIpc) is 2.89. The van der Waals surface area contributed by atoms with Gasteiger partial charge >= 0.3 is 6.18 Å². The molecule has 4 rings (SSSR count). The molecular formula is C30H48F4O2. The van der Waals surface area contributed by atoms with E-state index in [1.165, 1.54) is 77.0 Å². The van der Waals surface area contributed by atoms with Crippen molar-refractivity contribution < 1.29 is 27.0 Å². The molecule has 0 aromatic rings. The van der Waals surface area contributed by atoms with Crippen LogP contribution in [-0.4, -0.2) is 25.7 Å². The van der Waals surface area contributed by atoms with Gasteiger partial charge in [-0.2, -0.15) is 13.2 Å². The summed E-state index contributed by atoms with van der Waals surface area (Å²) in [6, 6.07) is 0. The van der Waals surface area contributed by atoms with E-state index in [2.05, 4.69) is 6.92 Å².